The smallest absolute Gasteiger partial charge is 0.225 e. The summed E-state index contributed by atoms with van der Waals surface area (Å²) in [4.78, 5) is 14.4. The summed E-state index contributed by atoms with van der Waals surface area (Å²) in [7, 11) is 0. The number of morpholine rings is 1. The van der Waals surface area contributed by atoms with Crippen LogP contribution in [-0.4, -0.2) is 43.2 Å². The maximum atomic E-state index is 12.5. The van der Waals surface area contributed by atoms with Crippen LogP contribution in [-0.2, 0) is 16.1 Å². The monoisotopic (exact) mass is 290 g/mol. The zero-order valence-corrected chi connectivity index (χ0v) is 13.1. The quantitative estimate of drug-likeness (QED) is 0.872. The summed E-state index contributed by atoms with van der Waals surface area (Å²) < 4.78 is 5.63. The first-order chi connectivity index (χ1) is 10.2. The lowest BCUT2D eigenvalue weighted by atomic mass is 10.1. The van der Waals surface area contributed by atoms with Gasteiger partial charge in [0.1, 0.15) is 0 Å². The van der Waals surface area contributed by atoms with Crippen molar-refractivity contribution in [3.8, 4) is 0 Å². The van der Waals surface area contributed by atoms with Gasteiger partial charge < -0.3 is 15.0 Å². The van der Waals surface area contributed by atoms with Crippen molar-refractivity contribution in [2.75, 3.05) is 26.2 Å². The third-order valence-corrected chi connectivity index (χ3v) is 3.75. The van der Waals surface area contributed by atoms with E-state index in [-0.39, 0.29) is 12.0 Å². The molecule has 0 aromatic heterocycles. The zero-order chi connectivity index (χ0) is 15.1. The third-order valence-electron chi connectivity index (χ3n) is 3.75. The van der Waals surface area contributed by atoms with Crippen molar-refractivity contribution in [3.05, 3.63) is 35.4 Å². The number of ether oxygens (including phenoxy) is 1. The van der Waals surface area contributed by atoms with Crippen LogP contribution in [0.2, 0.25) is 0 Å². The molecule has 1 aliphatic rings. The molecule has 1 aliphatic heterocycles. The number of carbonyl (C=O) groups excluding carboxylic acids is 1. The first-order valence-corrected chi connectivity index (χ1v) is 7.84. The molecule has 1 unspecified atom stereocenters. The van der Waals surface area contributed by atoms with Crippen LogP contribution in [0, 0.1) is 6.92 Å². The number of benzene rings is 1. The Balaban J connectivity index is 1.93. The maximum Gasteiger partial charge on any atom is 0.225 e. The molecule has 0 radical (unpaired) electrons. The normalized spacial score (nSPS) is 18.5. The lowest BCUT2D eigenvalue weighted by Gasteiger charge is -2.27. The van der Waals surface area contributed by atoms with E-state index >= 15 is 0 Å². The Morgan fingerprint density at radius 3 is 2.76 bits per heavy atom. The summed E-state index contributed by atoms with van der Waals surface area (Å²) >= 11 is 0. The highest BCUT2D eigenvalue weighted by Gasteiger charge is 2.21. The van der Waals surface area contributed by atoms with Crippen molar-refractivity contribution in [2.45, 2.75) is 39.3 Å². The summed E-state index contributed by atoms with van der Waals surface area (Å²) in [6.07, 6.45) is 1.46. The molecular formula is C17H26N2O2. The molecule has 116 valence electrons. The second kappa shape index (κ2) is 8.15. The number of amides is 1. The van der Waals surface area contributed by atoms with Crippen LogP contribution in [0.15, 0.2) is 24.3 Å². The van der Waals surface area contributed by atoms with Crippen molar-refractivity contribution in [2.24, 2.45) is 0 Å². The van der Waals surface area contributed by atoms with Crippen LogP contribution in [0.1, 0.15) is 30.9 Å². The third kappa shape index (κ3) is 5.14. The van der Waals surface area contributed by atoms with Gasteiger partial charge >= 0.3 is 0 Å². The van der Waals surface area contributed by atoms with E-state index in [1.165, 1.54) is 11.1 Å². The van der Waals surface area contributed by atoms with E-state index in [2.05, 4.69) is 43.4 Å². The Morgan fingerprint density at radius 1 is 1.38 bits per heavy atom. The summed E-state index contributed by atoms with van der Waals surface area (Å²) in [5, 5.41) is 3.27. The van der Waals surface area contributed by atoms with Gasteiger partial charge in [-0.3, -0.25) is 4.79 Å². The molecule has 21 heavy (non-hydrogen) atoms. The van der Waals surface area contributed by atoms with Gasteiger partial charge in [-0.25, -0.2) is 0 Å². The van der Waals surface area contributed by atoms with E-state index in [4.69, 9.17) is 4.74 Å². The molecule has 2 rings (SSSR count). The maximum absolute atomic E-state index is 12.5. The highest BCUT2D eigenvalue weighted by Crippen LogP contribution is 2.11. The fraction of sp³-hybridized carbons (Fsp3) is 0.588. The first kappa shape index (κ1) is 16.0. The molecule has 4 nitrogen and oxygen atoms in total. The lowest BCUT2D eigenvalue weighted by molar-refractivity contribution is -0.135. The van der Waals surface area contributed by atoms with E-state index < -0.39 is 0 Å². The van der Waals surface area contributed by atoms with Crippen LogP contribution in [0.3, 0.4) is 0 Å². The van der Waals surface area contributed by atoms with E-state index in [9.17, 15) is 4.79 Å². The van der Waals surface area contributed by atoms with Gasteiger partial charge in [-0.05, 0) is 18.9 Å². The summed E-state index contributed by atoms with van der Waals surface area (Å²) in [6, 6.07) is 8.39. The Morgan fingerprint density at radius 2 is 2.14 bits per heavy atom. The molecular weight excluding hydrogens is 264 g/mol. The average molecular weight is 290 g/mol. The molecule has 1 N–H and O–H groups in total. The zero-order valence-electron chi connectivity index (χ0n) is 13.1. The first-order valence-electron chi connectivity index (χ1n) is 7.84. The van der Waals surface area contributed by atoms with Gasteiger partial charge in [0.2, 0.25) is 5.91 Å². The number of hydrogen-bond acceptors (Lipinski definition) is 3. The number of rotatable bonds is 6. The minimum atomic E-state index is 0.0172. The summed E-state index contributed by atoms with van der Waals surface area (Å²) in [5.74, 6) is 0.186. The highest BCUT2D eigenvalue weighted by molar-refractivity contribution is 5.76. The predicted molar refractivity (Wildman–Crippen MR) is 84.1 cm³/mol. The van der Waals surface area contributed by atoms with Crippen molar-refractivity contribution >= 4 is 5.91 Å². The predicted octanol–water partition coefficient (Wildman–Crippen LogP) is 2.11. The largest absolute Gasteiger partial charge is 0.375 e. The lowest BCUT2D eigenvalue weighted by Crippen LogP contribution is -2.42. The summed E-state index contributed by atoms with van der Waals surface area (Å²) in [5.41, 5.74) is 2.43. The molecule has 0 bridgehead atoms. The highest BCUT2D eigenvalue weighted by atomic mass is 16.5. The fourth-order valence-corrected chi connectivity index (χ4v) is 2.55. The number of carbonyl (C=O) groups is 1. The average Bonchev–Trinajstić information content (AvgIpc) is 2.50. The Hall–Kier alpha value is -1.39. The molecule has 1 aromatic carbocycles. The second-order valence-electron chi connectivity index (χ2n) is 5.70. The SMILES string of the molecule is CCCN(Cc1ccc(C)cc1)C(=O)CC1CNCCO1. The molecule has 0 saturated carbocycles. The number of nitrogens with zero attached hydrogens (tertiary/aromatic N) is 1. The molecule has 1 aromatic rings. The van der Waals surface area contributed by atoms with Crippen LogP contribution in [0.5, 0.6) is 0 Å². The Labute approximate surface area is 127 Å². The van der Waals surface area contributed by atoms with Gasteiger partial charge in [0.15, 0.2) is 0 Å². The molecule has 0 aliphatic carbocycles. The Bertz CT molecular complexity index is 439. The molecule has 1 heterocycles. The van der Waals surface area contributed by atoms with E-state index in [0.717, 1.165) is 26.1 Å². The van der Waals surface area contributed by atoms with Crippen LogP contribution in [0.25, 0.3) is 0 Å². The van der Waals surface area contributed by atoms with Crippen LogP contribution in [0.4, 0.5) is 0 Å². The summed E-state index contributed by atoms with van der Waals surface area (Å²) in [6.45, 7) is 8.02. The van der Waals surface area contributed by atoms with Crippen molar-refractivity contribution in [1.82, 2.24) is 10.2 Å². The molecule has 1 saturated heterocycles. The minimum Gasteiger partial charge on any atom is -0.375 e. The van der Waals surface area contributed by atoms with E-state index in [1.54, 1.807) is 0 Å². The second-order valence-corrected chi connectivity index (χ2v) is 5.70. The van der Waals surface area contributed by atoms with E-state index in [0.29, 0.717) is 19.6 Å². The van der Waals surface area contributed by atoms with Gasteiger partial charge in [0, 0.05) is 26.2 Å². The molecule has 1 fully saturated rings. The van der Waals surface area contributed by atoms with Crippen LogP contribution >= 0.6 is 0 Å². The molecule has 1 atom stereocenters. The van der Waals surface area contributed by atoms with Crippen molar-refractivity contribution < 1.29 is 9.53 Å². The molecule has 0 spiro atoms. The minimum absolute atomic E-state index is 0.0172. The Kier molecular flexibility index (Phi) is 6.21. The van der Waals surface area contributed by atoms with Gasteiger partial charge in [-0.1, -0.05) is 36.8 Å². The standard InChI is InChI=1S/C17H26N2O2/c1-3-9-19(13-15-6-4-14(2)5-7-15)17(20)11-16-12-18-8-10-21-16/h4-7,16,18H,3,8-13H2,1-2H3. The van der Waals surface area contributed by atoms with Crippen LogP contribution < -0.4 is 5.32 Å². The number of hydrogen-bond donors (Lipinski definition) is 1. The fourth-order valence-electron chi connectivity index (χ4n) is 2.55. The van der Waals surface area contributed by atoms with Crippen molar-refractivity contribution in [1.29, 1.82) is 0 Å². The van der Waals surface area contributed by atoms with E-state index in [1.807, 2.05) is 4.90 Å². The van der Waals surface area contributed by atoms with Gasteiger partial charge in [0.25, 0.3) is 0 Å². The number of nitrogens with one attached hydrogen (secondary N) is 1. The molecule has 4 heteroatoms. The topological polar surface area (TPSA) is 41.6 Å². The van der Waals surface area contributed by atoms with Gasteiger partial charge in [-0.2, -0.15) is 0 Å². The molecule has 1 amide bonds. The number of aryl methyl sites for hydroxylation is 1. The van der Waals surface area contributed by atoms with Gasteiger partial charge in [0.05, 0.1) is 19.1 Å². The van der Waals surface area contributed by atoms with Gasteiger partial charge in [-0.15, -0.1) is 0 Å². The van der Waals surface area contributed by atoms with Crippen molar-refractivity contribution in [3.63, 3.8) is 0 Å².